The van der Waals surface area contributed by atoms with Gasteiger partial charge in [0.25, 0.3) is 0 Å². The van der Waals surface area contributed by atoms with Crippen molar-refractivity contribution in [3.05, 3.63) is 71.9 Å². The fourth-order valence-electron chi connectivity index (χ4n) is 5.31. The molecule has 1 aliphatic carbocycles. The zero-order valence-corrected chi connectivity index (χ0v) is 19.8. The molecule has 2 heterocycles. The summed E-state index contributed by atoms with van der Waals surface area (Å²) in [5, 5.41) is 4.21. The second kappa shape index (κ2) is 7.53. The summed E-state index contributed by atoms with van der Waals surface area (Å²) in [4.78, 5) is 2.32. The molecule has 0 saturated carbocycles. The third kappa shape index (κ3) is 2.84. The van der Waals surface area contributed by atoms with Gasteiger partial charge in [0, 0.05) is 62.6 Å². The van der Waals surface area contributed by atoms with Crippen LogP contribution >= 0.6 is 11.3 Å². The van der Waals surface area contributed by atoms with Crippen LogP contribution in [-0.4, -0.2) is 18.2 Å². The van der Waals surface area contributed by atoms with Crippen molar-refractivity contribution in [2.24, 2.45) is 0 Å². The standard InChI is InChI=1S/C29H28N2S/c1-4-30(3)25-12-8-6-10-20(25)19-14-15-28-23(16-19)24-17-22-21-11-7-9-13-26(21)31(5-2)27(22)18-29(24)32-28/h6,8-10,12-18H,4-5,7,11H2,1-3H3. The van der Waals surface area contributed by atoms with Crippen LogP contribution in [0.4, 0.5) is 5.69 Å². The normalized spacial score (nSPS) is 13.3. The second-order valence-corrected chi connectivity index (χ2v) is 9.84. The summed E-state index contributed by atoms with van der Waals surface area (Å²) >= 11 is 1.92. The summed E-state index contributed by atoms with van der Waals surface area (Å²) in [5.41, 5.74) is 8.21. The lowest BCUT2D eigenvalue weighted by atomic mass is 9.98. The highest BCUT2D eigenvalue weighted by molar-refractivity contribution is 7.25. The molecule has 0 atom stereocenters. The van der Waals surface area contributed by atoms with Crippen LogP contribution in [0, 0.1) is 0 Å². The van der Waals surface area contributed by atoms with E-state index in [1.807, 2.05) is 11.3 Å². The number of para-hydroxylation sites is 1. The van der Waals surface area contributed by atoms with E-state index in [0.29, 0.717) is 0 Å². The molecule has 0 spiro atoms. The monoisotopic (exact) mass is 436 g/mol. The number of benzene rings is 3. The van der Waals surface area contributed by atoms with E-state index in [2.05, 4.69) is 97.1 Å². The first-order chi connectivity index (χ1) is 15.7. The van der Waals surface area contributed by atoms with Gasteiger partial charge in [-0.1, -0.05) is 30.3 Å². The first kappa shape index (κ1) is 19.6. The molecule has 160 valence electrons. The molecule has 3 aromatic carbocycles. The molecule has 0 amide bonds. The maximum absolute atomic E-state index is 2.49. The first-order valence-electron chi connectivity index (χ1n) is 11.7. The number of aromatic nitrogens is 1. The Labute approximate surface area is 193 Å². The summed E-state index contributed by atoms with van der Waals surface area (Å²) in [7, 11) is 2.17. The fourth-order valence-corrected chi connectivity index (χ4v) is 6.41. The van der Waals surface area contributed by atoms with E-state index in [1.165, 1.54) is 59.1 Å². The number of fused-ring (bicyclic) bond motifs is 6. The van der Waals surface area contributed by atoms with Crippen molar-refractivity contribution in [3.8, 4) is 11.1 Å². The van der Waals surface area contributed by atoms with E-state index in [0.717, 1.165) is 25.9 Å². The van der Waals surface area contributed by atoms with E-state index in [-0.39, 0.29) is 0 Å². The van der Waals surface area contributed by atoms with Gasteiger partial charge in [-0.15, -0.1) is 11.3 Å². The van der Waals surface area contributed by atoms with E-state index < -0.39 is 0 Å². The minimum Gasteiger partial charge on any atom is -0.374 e. The molecule has 2 nitrogen and oxygen atoms in total. The van der Waals surface area contributed by atoms with Crippen LogP contribution in [0.15, 0.2) is 60.7 Å². The van der Waals surface area contributed by atoms with Gasteiger partial charge < -0.3 is 9.47 Å². The molecule has 3 heteroatoms. The van der Waals surface area contributed by atoms with Crippen molar-refractivity contribution in [1.82, 2.24) is 4.57 Å². The predicted octanol–water partition coefficient (Wildman–Crippen LogP) is 8.11. The molecule has 5 aromatic rings. The molecule has 32 heavy (non-hydrogen) atoms. The van der Waals surface area contributed by atoms with Crippen LogP contribution in [0.3, 0.4) is 0 Å². The Bertz CT molecular complexity index is 1520. The van der Waals surface area contributed by atoms with Crippen LogP contribution in [-0.2, 0) is 13.0 Å². The maximum atomic E-state index is 2.49. The Morgan fingerprint density at radius 3 is 2.62 bits per heavy atom. The predicted molar refractivity (Wildman–Crippen MR) is 142 cm³/mol. The molecule has 2 aromatic heterocycles. The smallest absolute Gasteiger partial charge is 0.0502 e. The van der Waals surface area contributed by atoms with Crippen LogP contribution in [0.2, 0.25) is 0 Å². The number of hydrogen-bond donors (Lipinski definition) is 0. The summed E-state index contributed by atoms with van der Waals surface area (Å²) < 4.78 is 5.25. The lowest BCUT2D eigenvalue weighted by Crippen LogP contribution is -2.16. The first-order valence-corrected chi connectivity index (χ1v) is 12.5. The van der Waals surface area contributed by atoms with Crippen molar-refractivity contribution in [2.45, 2.75) is 33.2 Å². The van der Waals surface area contributed by atoms with Gasteiger partial charge in [0.1, 0.15) is 0 Å². The molecule has 0 aliphatic heterocycles. The van der Waals surface area contributed by atoms with Crippen LogP contribution in [0.1, 0.15) is 31.5 Å². The van der Waals surface area contributed by atoms with Crippen LogP contribution < -0.4 is 4.90 Å². The summed E-state index contributed by atoms with van der Waals surface area (Å²) in [6, 6.07) is 20.7. The molecule has 6 rings (SSSR count). The highest BCUT2D eigenvalue weighted by Gasteiger charge is 2.19. The molecule has 1 aliphatic rings. The Morgan fingerprint density at radius 2 is 1.78 bits per heavy atom. The van der Waals surface area contributed by atoms with Gasteiger partial charge in [0.05, 0.1) is 5.52 Å². The number of rotatable bonds is 4. The Kier molecular flexibility index (Phi) is 4.62. The third-order valence-electron chi connectivity index (χ3n) is 7.06. The summed E-state index contributed by atoms with van der Waals surface area (Å²) in [5.74, 6) is 0. The van der Waals surface area contributed by atoms with Gasteiger partial charge in [-0.3, -0.25) is 0 Å². The molecule has 0 radical (unpaired) electrons. The van der Waals surface area contributed by atoms with E-state index >= 15 is 0 Å². The van der Waals surface area contributed by atoms with Crippen molar-refractivity contribution < 1.29 is 0 Å². The number of aryl methyl sites for hydroxylation is 2. The number of thiophene rings is 1. The lowest BCUT2D eigenvalue weighted by Gasteiger charge is -2.20. The van der Waals surface area contributed by atoms with Crippen molar-refractivity contribution >= 4 is 54.2 Å². The van der Waals surface area contributed by atoms with Crippen molar-refractivity contribution in [1.29, 1.82) is 0 Å². The van der Waals surface area contributed by atoms with Gasteiger partial charge in [-0.2, -0.15) is 0 Å². The van der Waals surface area contributed by atoms with Gasteiger partial charge in [-0.05, 0) is 74.2 Å². The molecule has 0 saturated heterocycles. The minimum absolute atomic E-state index is 0.993. The number of anilines is 1. The Morgan fingerprint density at radius 1 is 0.938 bits per heavy atom. The second-order valence-electron chi connectivity index (χ2n) is 8.76. The average Bonchev–Trinajstić information content (AvgIpc) is 3.36. The fraction of sp³-hybridized carbons (Fsp3) is 0.241. The molecular formula is C29H28N2S. The highest BCUT2D eigenvalue weighted by Crippen LogP contribution is 2.42. The van der Waals surface area contributed by atoms with Gasteiger partial charge in [0.2, 0.25) is 0 Å². The van der Waals surface area contributed by atoms with Gasteiger partial charge >= 0.3 is 0 Å². The van der Waals surface area contributed by atoms with E-state index in [1.54, 1.807) is 0 Å². The summed E-state index contributed by atoms with van der Waals surface area (Å²) in [6.45, 7) is 6.47. The Hall–Kier alpha value is -3.04. The Balaban J connectivity index is 1.61. The van der Waals surface area contributed by atoms with Crippen molar-refractivity contribution in [2.75, 3.05) is 18.5 Å². The minimum atomic E-state index is 0.993. The molecule has 0 N–H and O–H groups in total. The topological polar surface area (TPSA) is 8.17 Å². The van der Waals surface area contributed by atoms with Gasteiger partial charge in [0.15, 0.2) is 0 Å². The number of allylic oxidation sites excluding steroid dienone is 1. The SMILES string of the molecule is CCN(C)c1ccccc1-c1ccc2sc3cc4c(cc3c2c1)c1c(n4CC)C=CCC1. The molecular weight excluding hydrogens is 408 g/mol. The van der Waals surface area contributed by atoms with Crippen LogP contribution in [0.5, 0.6) is 0 Å². The third-order valence-corrected chi connectivity index (χ3v) is 8.19. The van der Waals surface area contributed by atoms with Gasteiger partial charge in [-0.25, -0.2) is 0 Å². The quantitative estimate of drug-likeness (QED) is 0.276. The zero-order chi connectivity index (χ0) is 21.8. The number of nitrogens with zero attached hydrogens (tertiary/aromatic N) is 2. The number of hydrogen-bond acceptors (Lipinski definition) is 2. The van der Waals surface area contributed by atoms with E-state index in [9.17, 15) is 0 Å². The van der Waals surface area contributed by atoms with E-state index in [4.69, 9.17) is 0 Å². The lowest BCUT2D eigenvalue weighted by molar-refractivity contribution is 0.778. The van der Waals surface area contributed by atoms with Crippen LogP contribution in [0.25, 0.3) is 48.3 Å². The summed E-state index contributed by atoms with van der Waals surface area (Å²) in [6.07, 6.45) is 6.94. The molecule has 0 bridgehead atoms. The highest BCUT2D eigenvalue weighted by atomic mass is 32.1. The maximum Gasteiger partial charge on any atom is 0.0502 e. The largest absolute Gasteiger partial charge is 0.374 e. The molecule has 0 fully saturated rings. The zero-order valence-electron chi connectivity index (χ0n) is 19.0. The van der Waals surface area contributed by atoms with Crippen molar-refractivity contribution in [3.63, 3.8) is 0 Å². The average molecular weight is 437 g/mol. The molecule has 0 unspecified atom stereocenters.